The Morgan fingerprint density at radius 3 is 2.18 bits per heavy atom. The molecule has 0 aliphatic heterocycles. The van der Waals surface area contributed by atoms with Crippen LogP contribution in [-0.4, -0.2) is 18.7 Å². The standard InChI is InChI=1S/C23H17ClN2O2/c24-18-9-11-19(12-10-18)28-15-23(27)26-25-14-22-20-7-3-1-5-16(20)13-17-6-2-4-8-21(17)22/h1-14H,15H2,(H,26,27). The van der Waals surface area contributed by atoms with Crippen LogP contribution in [0.1, 0.15) is 5.56 Å². The minimum atomic E-state index is -0.337. The Bertz CT molecular complexity index is 1120. The van der Waals surface area contributed by atoms with Crippen LogP contribution in [0.4, 0.5) is 0 Å². The first-order chi connectivity index (χ1) is 13.7. The molecular formula is C23H17ClN2O2. The zero-order valence-electron chi connectivity index (χ0n) is 14.9. The van der Waals surface area contributed by atoms with Crippen LogP contribution in [0.5, 0.6) is 5.75 Å². The van der Waals surface area contributed by atoms with Crippen LogP contribution in [0.25, 0.3) is 21.5 Å². The zero-order chi connectivity index (χ0) is 19.3. The van der Waals surface area contributed by atoms with E-state index < -0.39 is 0 Å². The van der Waals surface area contributed by atoms with Crippen molar-refractivity contribution >= 4 is 45.3 Å². The fourth-order valence-electron chi connectivity index (χ4n) is 3.07. The van der Waals surface area contributed by atoms with Crippen LogP contribution in [-0.2, 0) is 4.79 Å². The van der Waals surface area contributed by atoms with Gasteiger partial charge in [0.15, 0.2) is 6.61 Å². The lowest BCUT2D eigenvalue weighted by atomic mass is 9.97. The number of benzene rings is 4. The van der Waals surface area contributed by atoms with E-state index in [9.17, 15) is 4.79 Å². The summed E-state index contributed by atoms with van der Waals surface area (Å²) in [5.41, 5.74) is 3.49. The van der Waals surface area contributed by atoms with E-state index in [-0.39, 0.29) is 12.5 Å². The SMILES string of the molecule is O=C(COc1ccc(Cl)cc1)NN=Cc1c2ccccc2cc2ccccc12. The lowest BCUT2D eigenvalue weighted by molar-refractivity contribution is -0.123. The van der Waals surface area contributed by atoms with Gasteiger partial charge >= 0.3 is 0 Å². The number of carbonyl (C=O) groups is 1. The lowest BCUT2D eigenvalue weighted by Gasteiger charge is -2.08. The molecule has 0 aromatic heterocycles. The van der Waals surface area contributed by atoms with Crippen molar-refractivity contribution < 1.29 is 9.53 Å². The highest BCUT2D eigenvalue weighted by Crippen LogP contribution is 2.27. The predicted molar refractivity (Wildman–Crippen MR) is 114 cm³/mol. The van der Waals surface area contributed by atoms with E-state index in [4.69, 9.17) is 16.3 Å². The monoisotopic (exact) mass is 388 g/mol. The molecule has 1 N–H and O–H groups in total. The quantitative estimate of drug-likeness (QED) is 0.291. The minimum absolute atomic E-state index is 0.130. The molecule has 4 nitrogen and oxygen atoms in total. The summed E-state index contributed by atoms with van der Waals surface area (Å²) in [6.45, 7) is -0.130. The molecule has 5 heteroatoms. The molecule has 0 heterocycles. The van der Waals surface area contributed by atoms with Crippen molar-refractivity contribution in [2.24, 2.45) is 5.10 Å². The number of halogens is 1. The highest BCUT2D eigenvalue weighted by molar-refractivity contribution is 6.30. The Balaban J connectivity index is 1.51. The first-order valence-electron chi connectivity index (χ1n) is 8.81. The van der Waals surface area contributed by atoms with Gasteiger partial charge in [-0.05, 0) is 51.9 Å². The maximum Gasteiger partial charge on any atom is 0.277 e. The molecule has 0 aliphatic carbocycles. The van der Waals surface area contributed by atoms with Crippen molar-refractivity contribution in [2.45, 2.75) is 0 Å². The Hall–Kier alpha value is -3.37. The number of rotatable bonds is 5. The molecule has 4 aromatic carbocycles. The van der Waals surface area contributed by atoms with E-state index >= 15 is 0 Å². The predicted octanol–water partition coefficient (Wildman–Crippen LogP) is 5.18. The van der Waals surface area contributed by atoms with Crippen LogP contribution in [0, 0.1) is 0 Å². The van der Waals surface area contributed by atoms with Gasteiger partial charge in [-0.1, -0.05) is 60.1 Å². The summed E-state index contributed by atoms with van der Waals surface area (Å²) in [7, 11) is 0. The van der Waals surface area contributed by atoms with Gasteiger partial charge in [-0.15, -0.1) is 0 Å². The number of hydrazone groups is 1. The average molecular weight is 389 g/mol. The molecule has 0 saturated heterocycles. The summed E-state index contributed by atoms with van der Waals surface area (Å²) in [6, 6.07) is 25.2. The molecule has 4 aromatic rings. The summed E-state index contributed by atoms with van der Waals surface area (Å²) in [5, 5.41) is 9.17. The van der Waals surface area contributed by atoms with E-state index in [1.807, 2.05) is 24.3 Å². The van der Waals surface area contributed by atoms with E-state index in [1.165, 1.54) is 0 Å². The summed E-state index contributed by atoms with van der Waals surface area (Å²) in [4.78, 5) is 12.0. The number of amides is 1. The van der Waals surface area contributed by atoms with Crippen LogP contribution in [0.15, 0.2) is 84.0 Å². The zero-order valence-corrected chi connectivity index (χ0v) is 15.7. The van der Waals surface area contributed by atoms with Gasteiger partial charge in [-0.25, -0.2) is 5.43 Å². The van der Waals surface area contributed by atoms with Crippen molar-refractivity contribution in [3.05, 3.63) is 89.4 Å². The second-order valence-electron chi connectivity index (χ2n) is 6.27. The van der Waals surface area contributed by atoms with Gasteiger partial charge in [0.25, 0.3) is 5.91 Å². The number of ether oxygens (including phenoxy) is 1. The molecule has 138 valence electrons. The summed E-state index contributed by atoms with van der Waals surface area (Å²) in [5.74, 6) is 0.235. The van der Waals surface area contributed by atoms with Gasteiger partial charge in [0.1, 0.15) is 5.75 Å². The minimum Gasteiger partial charge on any atom is -0.484 e. The van der Waals surface area contributed by atoms with Gasteiger partial charge in [0.05, 0.1) is 6.21 Å². The average Bonchev–Trinajstić information content (AvgIpc) is 2.73. The number of hydrogen-bond donors (Lipinski definition) is 1. The highest BCUT2D eigenvalue weighted by Gasteiger charge is 2.06. The van der Waals surface area contributed by atoms with Crippen molar-refractivity contribution in [3.8, 4) is 5.75 Å². The molecule has 0 radical (unpaired) electrons. The third kappa shape index (κ3) is 3.97. The fourth-order valence-corrected chi connectivity index (χ4v) is 3.19. The lowest BCUT2D eigenvalue weighted by Crippen LogP contribution is -2.24. The van der Waals surface area contributed by atoms with E-state index in [0.717, 1.165) is 27.1 Å². The smallest absolute Gasteiger partial charge is 0.277 e. The molecule has 0 unspecified atom stereocenters. The van der Waals surface area contributed by atoms with Gasteiger partial charge in [0.2, 0.25) is 0 Å². The Morgan fingerprint density at radius 1 is 0.929 bits per heavy atom. The van der Waals surface area contributed by atoms with Crippen LogP contribution < -0.4 is 10.2 Å². The first-order valence-corrected chi connectivity index (χ1v) is 9.19. The normalized spacial score (nSPS) is 11.2. The van der Waals surface area contributed by atoms with Crippen LogP contribution in [0.3, 0.4) is 0 Å². The van der Waals surface area contributed by atoms with Crippen molar-refractivity contribution in [1.29, 1.82) is 0 Å². The van der Waals surface area contributed by atoms with E-state index in [1.54, 1.807) is 30.5 Å². The Labute approximate surface area is 167 Å². The number of nitrogens with one attached hydrogen (secondary N) is 1. The largest absolute Gasteiger partial charge is 0.484 e. The van der Waals surface area contributed by atoms with Crippen LogP contribution in [0.2, 0.25) is 5.02 Å². The molecule has 0 aliphatic rings. The van der Waals surface area contributed by atoms with Gasteiger partial charge in [0, 0.05) is 10.6 Å². The summed E-state index contributed by atoms with van der Waals surface area (Å²) < 4.78 is 5.42. The molecule has 0 saturated carbocycles. The molecule has 28 heavy (non-hydrogen) atoms. The van der Waals surface area contributed by atoms with E-state index in [0.29, 0.717) is 10.8 Å². The second kappa shape index (κ2) is 8.11. The molecule has 0 atom stereocenters. The Kier molecular flexibility index (Phi) is 5.22. The molecule has 0 fully saturated rings. The van der Waals surface area contributed by atoms with Gasteiger partial charge < -0.3 is 4.74 Å². The number of nitrogens with zero attached hydrogens (tertiary/aromatic N) is 1. The molecule has 0 bridgehead atoms. The number of carbonyl (C=O) groups excluding carboxylic acids is 1. The maximum absolute atomic E-state index is 12.0. The summed E-state index contributed by atoms with van der Waals surface area (Å²) in [6.07, 6.45) is 1.69. The fraction of sp³-hybridized carbons (Fsp3) is 0.0435. The summed E-state index contributed by atoms with van der Waals surface area (Å²) >= 11 is 5.83. The van der Waals surface area contributed by atoms with Gasteiger partial charge in [-0.3, -0.25) is 4.79 Å². The third-order valence-corrected chi connectivity index (χ3v) is 4.63. The van der Waals surface area contributed by atoms with Gasteiger partial charge in [-0.2, -0.15) is 5.10 Å². The highest BCUT2D eigenvalue weighted by atomic mass is 35.5. The number of fused-ring (bicyclic) bond motifs is 2. The Morgan fingerprint density at radius 2 is 1.54 bits per heavy atom. The first kappa shape index (κ1) is 18.0. The van der Waals surface area contributed by atoms with Crippen molar-refractivity contribution in [1.82, 2.24) is 5.43 Å². The molecule has 1 amide bonds. The number of hydrogen-bond acceptors (Lipinski definition) is 3. The third-order valence-electron chi connectivity index (χ3n) is 4.38. The second-order valence-corrected chi connectivity index (χ2v) is 6.70. The molecule has 0 spiro atoms. The van der Waals surface area contributed by atoms with Crippen molar-refractivity contribution in [3.63, 3.8) is 0 Å². The molecular weight excluding hydrogens is 372 g/mol. The van der Waals surface area contributed by atoms with Crippen molar-refractivity contribution in [2.75, 3.05) is 6.61 Å². The topological polar surface area (TPSA) is 50.7 Å². The maximum atomic E-state index is 12.0. The molecule has 4 rings (SSSR count). The van der Waals surface area contributed by atoms with Crippen LogP contribution >= 0.6 is 11.6 Å². The van der Waals surface area contributed by atoms with E-state index in [2.05, 4.69) is 40.9 Å².